The molecule has 0 unspecified atom stereocenters. The van der Waals surface area contributed by atoms with Gasteiger partial charge in [0.1, 0.15) is 5.82 Å². The van der Waals surface area contributed by atoms with Crippen molar-refractivity contribution in [2.75, 3.05) is 5.73 Å². The molecule has 7 nitrogen and oxygen atoms in total. The number of para-hydroxylation sites is 1. The van der Waals surface area contributed by atoms with Crippen molar-refractivity contribution in [1.29, 1.82) is 0 Å². The van der Waals surface area contributed by atoms with Crippen LogP contribution in [-0.2, 0) is 4.79 Å². The lowest BCUT2D eigenvalue weighted by molar-refractivity contribution is -0.138. The Morgan fingerprint density at radius 3 is 2.74 bits per heavy atom. The summed E-state index contributed by atoms with van der Waals surface area (Å²) in [5.74, 6) is 0.279. The molecule has 0 saturated heterocycles. The predicted molar refractivity (Wildman–Crippen MR) is 123 cm³/mol. The molecule has 0 amide bonds. The van der Waals surface area contributed by atoms with Crippen LogP contribution in [0.3, 0.4) is 0 Å². The molecule has 158 valence electrons. The third-order valence-corrected chi connectivity index (χ3v) is 7.06. The van der Waals surface area contributed by atoms with Gasteiger partial charge in [-0.15, -0.1) is 0 Å². The first kappa shape index (κ1) is 19.9. The second kappa shape index (κ2) is 7.92. The molecule has 5 rings (SSSR count). The molecule has 3 aromatic heterocycles. The molecule has 1 aliphatic carbocycles. The Kier molecular flexibility index (Phi) is 5.09. The van der Waals surface area contributed by atoms with Gasteiger partial charge in [-0.25, -0.2) is 4.98 Å². The number of hydrogen-bond acceptors (Lipinski definition) is 5. The summed E-state index contributed by atoms with van der Waals surface area (Å²) >= 11 is 3.64. The summed E-state index contributed by atoms with van der Waals surface area (Å²) in [5, 5.41) is 14.6. The fourth-order valence-corrected chi connectivity index (χ4v) is 5.17. The van der Waals surface area contributed by atoms with Gasteiger partial charge >= 0.3 is 5.97 Å². The predicted octanol–water partition coefficient (Wildman–Crippen LogP) is 5.04. The van der Waals surface area contributed by atoms with Gasteiger partial charge in [0.05, 0.1) is 21.9 Å². The minimum atomic E-state index is -0.721. The number of carbonyl (C=O) groups is 1. The number of rotatable bonds is 4. The minimum Gasteiger partial charge on any atom is -0.481 e. The number of nitrogens with two attached hydrogens (primary N) is 1. The molecule has 0 atom stereocenters. The Balaban J connectivity index is 1.54. The molecule has 1 saturated carbocycles. The Labute approximate surface area is 187 Å². The van der Waals surface area contributed by atoms with E-state index in [-0.39, 0.29) is 18.3 Å². The van der Waals surface area contributed by atoms with Crippen molar-refractivity contribution in [2.24, 2.45) is 5.92 Å². The highest BCUT2D eigenvalue weighted by molar-refractivity contribution is 9.10. The summed E-state index contributed by atoms with van der Waals surface area (Å²) in [6, 6.07) is 10.1. The van der Waals surface area contributed by atoms with Crippen molar-refractivity contribution < 1.29 is 9.90 Å². The van der Waals surface area contributed by atoms with E-state index in [9.17, 15) is 4.79 Å². The number of anilines is 1. The lowest BCUT2D eigenvalue weighted by Crippen LogP contribution is -2.18. The van der Waals surface area contributed by atoms with E-state index in [0.717, 1.165) is 57.9 Å². The zero-order chi connectivity index (χ0) is 21.5. The summed E-state index contributed by atoms with van der Waals surface area (Å²) in [6.07, 6.45) is 7.44. The van der Waals surface area contributed by atoms with Crippen LogP contribution in [0.25, 0.3) is 27.7 Å². The highest BCUT2D eigenvalue weighted by atomic mass is 79.9. The summed E-state index contributed by atoms with van der Waals surface area (Å²) in [5.41, 5.74) is 10.8. The van der Waals surface area contributed by atoms with Crippen molar-refractivity contribution in [1.82, 2.24) is 19.6 Å². The van der Waals surface area contributed by atoms with Crippen LogP contribution in [0.2, 0.25) is 0 Å². The number of fused-ring (bicyclic) bond motifs is 2. The molecule has 1 aromatic carbocycles. The van der Waals surface area contributed by atoms with Crippen molar-refractivity contribution in [3.63, 3.8) is 0 Å². The van der Waals surface area contributed by atoms with E-state index >= 15 is 0 Å². The van der Waals surface area contributed by atoms with Gasteiger partial charge in [-0.3, -0.25) is 9.78 Å². The lowest BCUT2D eigenvalue weighted by Gasteiger charge is -2.28. The van der Waals surface area contributed by atoms with Gasteiger partial charge in [0.15, 0.2) is 5.65 Å². The number of benzene rings is 1. The first-order valence-corrected chi connectivity index (χ1v) is 11.2. The van der Waals surface area contributed by atoms with Crippen molar-refractivity contribution in [3.05, 3.63) is 52.9 Å². The van der Waals surface area contributed by atoms with Gasteiger partial charge < -0.3 is 10.8 Å². The maximum Gasteiger partial charge on any atom is 0.303 e. The molecule has 1 fully saturated rings. The Morgan fingerprint density at radius 1 is 1.19 bits per heavy atom. The molecular weight excluding hydrogens is 458 g/mol. The van der Waals surface area contributed by atoms with Gasteiger partial charge in [-0.1, -0.05) is 18.2 Å². The van der Waals surface area contributed by atoms with E-state index in [4.69, 9.17) is 15.8 Å². The molecule has 0 radical (unpaired) electrons. The molecule has 0 aliphatic heterocycles. The van der Waals surface area contributed by atoms with Crippen LogP contribution in [0, 0.1) is 5.92 Å². The van der Waals surface area contributed by atoms with Crippen LogP contribution in [-0.4, -0.2) is 30.7 Å². The van der Waals surface area contributed by atoms with E-state index in [2.05, 4.69) is 32.1 Å². The number of carboxylic acid groups (broad SMARTS) is 1. The van der Waals surface area contributed by atoms with Gasteiger partial charge in [0.2, 0.25) is 0 Å². The van der Waals surface area contributed by atoms with E-state index in [0.29, 0.717) is 11.5 Å². The van der Waals surface area contributed by atoms with Crippen molar-refractivity contribution >= 4 is 44.3 Å². The molecule has 0 bridgehead atoms. The molecule has 8 heteroatoms. The second-order valence-corrected chi connectivity index (χ2v) is 9.02. The summed E-state index contributed by atoms with van der Waals surface area (Å²) in [7, 11) is 0. The molecule has 0 spiro atoms. The largest absolute Gasteiger partial charge is 0.481 e. The van der Waals surface area contributed by atoms with Crippen LogP contribution < -0.4 is 5.73 Å². The van der Waals surface area contributed by atoms with Crippen LogP contribution in [0.5, 0.6) is 0 Å². The maximum absolute atomic E-state index is 11.0. The zero-order valence-corrected chi connectivity index (χ0v) is 18.4. The van der Waals surface area contributed by atoms with Crippen LogP contribution in [0.4, 0.5) is 5.82 Å². The maximum atomic E-state index is 11.0. The molecular formula is C23H22BrN5O2. The summed E-state index contributed by atoms with van der Waals surface area (Å²) < 4.78 is 2.43. The number of aromatic nitrogens is 4. The van der Waals surface area contributed by atoms with Gasteiger partial charge in [-0.2, -0.15) is 9.61 Å². The van der Waals surface area contributed by atoms with E-state index in [1.165, 1.54) is 0 Å². The normalized spacial score (nSPS) is 19.1. The zero-order valence-electron chi connectivity index (χ0n) is 16.8. The van der Waals surface area contributed by atoms with E-state index in [1.807, 2.05) is 30.5 Å². The lowest BCUT2D eigenvalue weighted by atomic mass is 9.79. The number of hydrogen-bond donors (Lipinski definition) is 2. The summed E-state index contributed by atoms with van der Waals surface area (Å²) in [4.78, 5) is 20.6. The van der Waals surface area contributed by atoms with Crippen molar-refractivity contribution in [3.8, 4) is 11.1 Å². The Hall–Kier alpha value is -3.00. The quantitative estimate of drug-likeness (QED) is 0.424. The number of halogens is 1. The van der Waals surface area contributed by atoms with Gasteiger partial charge in [-0.05, 0) is 59.7 Å². The average molecular weight is 480 g/mol. The van der Waals surface area contributed by atoms with E-state index < -0.39 is 5.97 Å². The van der Waals surface area contributed by atoms with Gasteiger partial charge in [0, 0.05) is 35.0 Å². The number of aliphatic carboxylic acids is 1. The van der Waals surface area contributed by atoms with Crippen LogP contribution in [0.1, 0.15) is 43.7 Å². The number of carboxylic acids is 1. The van der Waals surface area contributed by atoms with E-state index in [1.54, 1.807) is 10.7 Å². The molecule has 1 aliphatic rings. The van der Waals surface area contributed by atoms with Crippen LogP contribution in [0.15, 0.2) is 47.2 Å². The topological polar surface area (TPSA) is 106 Å². The molecule has 4 aromatic rings. The second-order valence-electron chi connectivity index (χ2n) is 8.22. The molecule has 31 heavy (non-hydrogen) atoms. The average Bonchev–Trinajstić information content (AvgIpc) is 3.20. The number of nitrogens with zero attached hydrogens (tertiary/aromatic N) is 4. The third-order valence-electron chi connectivity index (χ3n) is 6.25. The third kappa shape index (κ3) is 3.65. The molecule has 3 N–H and O–H groups in total. The number of nitrogen functional groups attached to an aromatic ring is 1. The minimum absolute atomic E-state index is 0.239. The first-order chi connectivity index (χ1) is 15.0. The highest BCUT2D eigenvalue weighted by Gasteiger charge is 2.28. The Morgan fingerprint density at radius 2 is 1.97 bits per heavy atom. The van der Waals surface area contributed by atoms with Crippen LogP contribution >= 0.6 is 15.9 Å². The standard InChI is InChI=1S/C23H22BrN5O2/c24-20-21(14-7-5-13(6-8-14)9-19(30)31)28-23-17(12-27-29(23)22(20)25)16-10-15-3-1-2-4-18(15)26-11-16/h1-4,10-14H,5-9,25H2,(H,30,31). The highest BCUT2D eigenvalue weighted by Crippen LogP contribution is 2.41. The Bertz CT molecular complexity index is 1290. The van der Waals surface area contributed by atoms with Crippen molar-refractivity contribution in [2.45, 2.75) is 38.0 Å². The summed E-state index contributed by atoms with van der Waals surface area (Å²) in [6.45, 7) is 0. The van der Waals surface area contributed by atoms with Gasteiger partial charge in [0.25, 0.3) is 0 Å². The fraction of sp³-hybridized carbons (Fsp3) is 0.304. The smallest absolute Gasteiger partial charge is 0.303 e. The monoisotopic (exact) mass is 479 g/mol. The first-order valence-electron chi connectivity index (χ1n) is 10.4. The molecule has 3 heterocycles. The number of pyridine rings is 1. The SMILES string of the molecule is Nc1c(Br)c(C2CCC(CC(=O)O)CC2)nc2c(-c3cnc4ccccc4c3)cnn12. The fourth-order valence-electron chi connectivity index (χ4n) is 4.59.